The zero-order valence-corrected chi connectivity index (χ0v) is 25.2. The van der Waals surface area contributed by atoms with Gasteiger partial charge in [-0.05, 0) is 60.7 Å². The maximum atomic E-state index is 5.99. The average Bonchev–Trinajstić information content (AvgIpc) is 3.80. The Labute approximate surface area is 273 Å². The first kappa shape index (κ1) is 27.4. The molecule has 0 aliphatic carbocycles. The van der Waals surface area contributed by atoms with Gasteiger partial charge in [-0.25, -0.2) is 34.9 Å². The lowest BCUT2D eigenvalue weighted by Crippen LogP contribution is -2.00. The van der Waals surface area contributed by atoms with Crippen LogP contribution in [0.15, 0.2) is 149 Å². The molecule has 0 unspecified atom stereocenters. The minimum atomic E-state index is 0.527. The van der Waals surface area contributed by atoms with Crippen LogP contribution in [-0.2, 0) is 0 Å². The molecule has 0 atom stereocenters. The lowest BCUT2D eigenvalue weighted by atomic mass is 10.1. The molecule has 4 aromatic heterocycles. The lowest BCUT2D eigenvalue weighted by Gasteiger charge is -2.10. The highest BCUT2D eigenvalue weighted by molar-refractivity contribution is 5.78. The van der Waals surface area contributed by atoms with Crippen molar-refractivity contribution in [1.82, 2.24) is 34.9 Å². The number of rotatable bonds is 6. The van der Waals surface area contributed by atoms with E-state index in [1.54, 1.807) is 18.5 Å². The summed E-state index contributed by atoms with van der Waals surface area (Å²) >= 11 is 0. The SMILES string of the molecule is c1cnc(-c2cccc(-c3nc(-c4ccc(-c5nc6ccccc6o5)cc4)nc(-c4ccc(-c5nc6ccccc6o5)cc4)n3)c2)nc1. The predicted octanol–water partition coefficient (Wildman–Crippen LogP) is 8.95. The Morgan fingerprint density at radius 2 is 0.771 bits per heavy atom. The lowest BCUT2D eigenvalue weighted by molar-refractivity contribution is 0.619. The second-order valence-corrected chi connectivity index (χ2v) is 11.1. The van der Waals surface area contributed by atoms with E-state index in [4.69, 9.17) is 23.8 Å². The summed E-state index contributed by atoms with van der Waals surface area (Å²) in [4.78, 5) is 32.9. The van der Waals surface area contributed by atoms with Gasteiger partial charge in [0.2, 0.25) is 11.8 Å². The molecule has 9 nitrogen and oxygen atoms in total. The molecule has 0 bridgehead atoms. The third-order valence-electron chi connectivity index (χ3n) is 7.95. The van der Waals surface area contributed by atoms with Crippen molar-refractivity contribution in [3.8, 4) is 68.5 Å². The van der Waals surface area contributed by atoms with Gasteiger partial charge in [-0.15, -0.1) is 0 Å². The summed E-state index contributed by atoms with van der Waals surface area (Å²) in [6.07, 6.45) is 3.45. The average molecular weight is 622 g/mol. The Morgan fingerprint density at radius 3 is 1.27 bits per heavy atom. The molecule has 0 radical (unpaired) electrons. The van der Waals surface area contributed by atoms with E-state index in [1.165, 1.54) is 0 Å². The fraction of sp³-hybridized carbons (Fsp3) is 0. The molecule has 48 heavy (non-hydrogen) atoms. The molecule has 0 N–H and O–H groups in total. The summed E-state index contributed by atoms with van der Waals surface area (Å²) in [5.74, 6) is 3.32. The van der Waals surface area contributed by atoms with Crippen LogP contribution in [0.25, 0.3) is 90.7 Å². The molecule has 9 aromatic rings. The molecule has 0 fully saturated rings. The topological polar surface area (TPSA) is 117 Å². The molecule has 0 spiro atoms. The van der Waals surface area contributed by atoms with Gasteiger partial charge < -0.3 is 8.83 Å². The molecule has 5 aromatic carbocycles. The first-order valence-corrected chi connectivity index (χ1v) is 15.3. The molecule has 9 heteroatoms. The molecule has 226 valence electrons. The summed E-state index contributed by atoms with van der Waals surface area (Å²) in [5.41, 5.74) is 8.16. The van der Waals surface area contributed by atoms with Gasteiger partial charge in [0.05, 0.1) is 0 Å². The van der Waals surface area contributed by atoms with Crippen molar-refractivity contribution in [2.24, 2.45) is 0 Å². The van der Waals surface area contributed by atoms with Crippen molar-refractivity contribution in [3.63, 3.8) is 0 Å². The number of nitrogens with zero attached hydrogens (tertiary/aromatic N) is 7. The first-order valence-electron chi connectivity index (χ1n) is 15.3. The highest BCUT2D eigenvalue weighted by Gasteiger charge is 2.16. The molecule has 0 aliphatic heterocycles. The number of benzene rings is 5. The van der Waals surface area contributed by atoms with Crippen LogP contribution in [0.1, 0.15) is 0 Å². The van der Waals surface area contributed by atoms with Crippen LogP contribution >= 0.6 is 0 Å². The monoisotopic (exact) mass is 621 g/mol. The number of hydrogen-bond acceptors (Lipinski definition) is 9. The van der Waals surface area contributed by atoms with Crippen molar-refractivity contribution < 1.29 is 8.83 Å². The number of fused-ring (bicyclic) bond motifs is 2. The zero-order valence-electron chi connectivity index (χ0n) is 25.2. The fourth-order valence-electron chi connectivity index (χ4n) is 5.52. The van der Waals surface area contributed by atoms with Gasteiger partial charge in [0.15, 0.2) is 34.5 Å². The summed E-state index contributed by atoms with van der Waals surface area (Å²) in [6.45, 7) is 0. The highest BCUT2D eigenvalue weighted by Crippen LogP contribution is 2.31. The summed E-state index contributed by atoms with van der Waals surface area (Å²) in [7, 11) is 0. The van der Waals surface area contributed by atoms with E-state index >= 15 is 0 Å². The first-order chi connectivity index (χ1) is 23.7. The van der Waals surface area contributed by atoms with Gasteiger partial charge in [-0.3, -0.25) is 0 Å². The normalized spacial score (nSPS) is 11.3. The third-order valence-corrected chi connectivity index (χ3v) is 7.95. The molecule has 9 rings (SSSR count). The Hall–Kier alpha value is -6.87. The maximum absolute atomic E-state index is 5.99. The van der Waals surface area contributed by atoms with Gasteiger partial charge in [0.1, 0.15) is 11.0 Å². The standard InChI is InChI=1S/C39H23N7O2/c1-3-11-32-30(9-1)42-38(47-32)26-17-13-24(14-18-26)35-44-36(25-15-19-27(20-16-25)39-43-31-10-2-4-12-33(31)48-39)46-37(45-35)29-8-5-7-28(23-29)34-40-21-6-22-41-34/h1-23H. The largest absolute Gasteiger partial charge is 0.436 e. The number of aromatic nitrogens is 7. The van der Waals surface area contributed by atoms with Crippen LogP contribution in [0.2, 0.25) is 0 Å². The Balaban J connectivity index is 1.12. The van der Waals surface area contributed by atoms with Crippen molar-refractivity contribution in [2.45, 2.75) is 0 Å². The summed E-state index contributed by atoms with van der Waals surface area (Å²) in [6, 6.07) is 40.9. The van der Waals surface area contributed by atoms with E-state index in [1.807, 2.05) is 121 Å². The minimum absolute atomic E-state index is 0.527. The van der Waals surface area contributed by atoms with E-state index in [-0.39, 0.29) is 0 Å². The Kier molecular flexibility index (Phi) is 6.57. The molecule has 4 heterocycles. The quantitative estimate of drug-likeness (QED) is 0.179. The summed E-state index contributed by atoms with van der Waals surface area (Å²) in [5, 5.41) is 0. The third kappa shape index (κ3) is 5.15. The van der Waals surface area contributed by atoms with Crippen LogP contribution in [0.3, 0.4) is 0 Å². The molecule has 0 saturated carbocycles. The smallest absolute Gasteiger partial charge is 0.227 e. The number of oxazole rings is 2. The van der Waals surface area contributed by atoms with Crippen molar-refractivity contribution in [3.05, 3.63) is 140 Å². The van der Waals surface area contributed by atoms with Gasteiger partial charge >= 0.3 is 0 Å². The minimum Gasteiger partial charge on any atom is -0.436 e. The second-order valence-electron chi connectivity index (χ2n) is 11.1. The van der Waals surface area contributed by atoms with Gasteiger partial charge in [0, 0.05) is 45.8 Å². The van der Waals surface area contributed by atoms with Gasteiger partial charge in [-0.1, -0.05) is 66.7 Å². The van der Waals surface area contributed by atoms with Crippen LogP contribution in [0.5, 0.6) is 0 Å². The summed E-state index contributed by atoms with van der Waals surface area (Å²) < 4.78 is 12.0. The highest BCUT2D eigenvalue weighted by atomic mass is 16.4. The molecule has 0 amide bonds. The van der Waals surface area contributed by atoms with Gasteiger partial charge in [-0.2, -0.15) is 0 Å². The van der Waals surface area contributed by atoms with E-state index in [2.05, 4.69) is 19.9 Å². The van der Waals surface area contributed by atoms with Crippen molar-refractivity contribution in [1.29, 1.82) is 0 Å². The van der Waals surface area contributed by atoms with E-state index in [0.717, 1.165) is 55.6 Å². The molecule has 0 aliphatic rings. The number of para-hydroxylation sites is 4. The molecular formula is C39H23N7O2. The van der Waals surface area contributed by atoms with E-state index in [0.29, 0.717) is 35.1 Å². The van der Waals surface area contributed by atoms with Crippen molar-refractivity contribution in [2.75, 3.05) is 0 Å². The van der Waals surface area contributed by atoms with Crippen LogP contribution in [0.4, 0.5) is 0 Å². The van der Waals surface area contributed by atoms with Crippen LogP contribution in [0, 0.1) is 0 Å². The van der Waals surface area contributed by atoms with Crippen LogP contribution in [-0.4, -0.2) is 34.9 Å². The predicted molar refractivity (Wildman–Crippen MR) is 183 cm³/mol. The maximum Gasteiger partial charge on any atom is 0.227 e. The van der Waals surface area contributed by atoms with E-state index in [9.17, 15) is 0 Å². The number of hydrogen-bond donors (Lipinski definition) is 0. The molecular weight excluding hydrogens is 598 g/mol. The van der Waals surface area contributed by atoms with Gasteiger partial charge in [0.25, 0.3) is 0 Å². The Morgan fingerprint density at radius 1 is 0.333 bits per heavy atom. The Bertz CT molecular complexity index is 2360. The van der Waals surface area contributed by atoms with Crippen molar-refractivity contribution >= 4 is 22.2 Å². The van der Waals surface area contributed by atoms with Crippen LogP contribution < -0.4 is 0 Å². The molecule has 0 saturated heterocycles. The fourth-order valence-corrected chi connectivity index (χ4v) is 5.52. The zero-order chi connectivity index (χ0) is 31.9. The van der Waals surface area contributed by atoms with E-state index < -0.39 is 0 Å². The second kappa shape index (κ2) is 11.5.